The third-order valence-electron chi connectivity index (χ3n) is 5.46. The van der Waals surface area contributed by atoms with Crippen LogP contribution < -0.4 is 10.6 Å². The fraction of sp³-hybridized carbons (Fsp3) is 0.240. The standard InChI is InChI=1S/C25H24Cl2N2O2/c26-22-11-10-18(14-23(22)27)24-19(15-28-12-13-31-24)16-29-25(30)21-9-5-4-8-20(21)17-6-2-1-3-7-17/h1-11,14,19,24,28H,12-13,15-16H2,(H,29,30)/t19-,24-/m0/s1. The Morgan fingerprint density at radius 2 is 1.77 bits per heavy atom. The number of halogens is 2. The van der Waals surface area contributed by atoms with Crippen molar-refractivity contribution in [2.75, 3.05) is 26.2 Å². The summed E-state index contributed by atoms with van der Waals surface area (Å²) in [5.74, 6) is -0.0517. The van der Waals surface area contributed by atoms with Crippen molar-refractivity contribution in [3.63, 3.8) is 0 Å². The molecule has 0 saturated carbocycles. The quantitative estimate of drug-likeness (QED) is 0.544. The second-order valence-electron chi connectivity index (χ2n) is 7.55. The Balaban J connectivity index is 1.52. The van der Waals surface area contributed by atoms with Crippen LogP contribution in [0.3, 0.4) is 0 Å². The molecule has 2 N–H and O–H groups in total. The molecule has 0 spiro atoms. The Labute approximate surface area is 192 Å². The van der Waals surface area contributed by atoms with E-state index in [1.54, 1.807) is 6.07 Å². The van der Waals surface area contributed by atoms with Crippen LogP contribution in [-0.2, 0) is 4.74 Å². The van der Waals surface area contributed by atoms with E-state index in [9.17, 15) is 4.79 Å². The Hall–Kier alpha value is -2.37. The van der Waals surface area contributed by atoms with Crippen LogP contribution in [0.15, 0.2) is 72.8 Å². The molecule has 0 aromatic heterocycles. The number of amides is 1. The van der Waals surface area contributed by atoms with Crippen molar-refractivity contribution in [1.82, 2.24) is 10.6 Å². The molecule has 2 atom stereocenters. The van der Waals surface area contributed by atoms with Crippen LogP contribution in [0, 0.1) is 5.92 Å². The van der Waals surface area contributed by atoms with Gasteiger partial charge in [-0.3, -0.25) is 4.79 Å². The van der Waals surface area contributed by atoms with E-state index in [-0.39, 0.29) is 17.9 Å². The van der Waals surface area contributed by atoms with E-state index < -0.39 is 0 Å². The molecule has 4 nitrogen and oxygen atoms in total. The lowest BCUT2D eigenvalue weighted by atomic mass is 9.94. The number of nitrogens with one attached hydrogen (secondary N) is 2. The third kappa shape index (κ3) is 5.28. The van der Waals surface area contributed by atoms with E-state index in [0.29, 0.717) is 28.8 Å². The van der Waals surface area contributed by atoms with Crippen molar-refractivity contribution < 1.29 is 9.53 Å². The lowest BCUT2D eigenvalue weighted by Crippen LogP contribution is -2.36. The fourth-order valence-corrected chi connectivity index (χ4v) is 4.20. The van der Waals surface area contributed by atoms with Crippen LogP contribution >= 0.6 is 23.2 Å². The second kappa shape index (κ2) is 10.3. The van der Waals surface area contributed by atoms with E-state index in [1.165, 1.54) is 0 Å². The third-order valence-corrected chi connectivity index (χ3v) is 6.20. The van der Waals surface area contributed by atoms with Gasteiger partial charge in [-0.2, -0.15) is 0 Å². The molecule has 31 heavy (non-hydrogen) atoms. The number of hydrogen-bond acceptors (Lipinski definition) is 3. The molecule has 0 bridgehead atoms. The summed E-state index contributed by atoms with van der Waals surface area (Å²) in [4.78, 5) is 13.1. The number of rotatable bonds is 5. The SMILES string of the molecule is O=C(NC[C@@H]1CNCCO[C@H]1c1ccc(Cl)c(Cl)c1)c1ccccc1-c1ccccc1. The molecule has 1 amide bonds. The van der Waals surface area contributed by atoms with Gasteiger partial charge >= 0.3 is 0 Å². The molecule has 6 heteroatoms. The first-order valence-corrected chi connectivity index (χ1v) is 11.1. The number of carbonyl (C=O) groups is 1. The van der Waals surface area contributed by atoms with E-state index >= 15 is 0 Å². The van der Waals surface area contributed by atoms with Gasteiger partial charge in [0.15, 0.2) is 0 Å². The summed E-state index contributed by atoms with van der Waals surface area (Å²) in [6.07, 6.45) is -0.186. The highest BCUT2D eigenvalue weighted by Gasteiger charge is 2.27. The zero-order valence-electron chi connectivity index (χ0n) is 17.0. The van der Waals surface area contributed by atoms with E-state index in [2.05, 4.69) is 10.6 Å². The molecule has 1 aliphatic heterocycles. The highest BCUT2D eigenvalue weighted by molar-refractivity contribution is 6.42. The minimum Gasteiger partial charge on any atom is -0.372 e. The molecule has 160 valence electrons. The molecule has 1 saturated heterocycles. The molecule has 0 radical (unpaired) electrons. The summed E-state index contributed by atoms with van der Waals surface area (Å²) in [6, 6.07) is 23.2. The molecule has 4 rings (SSSR count). The minimum atomic E-state index is -0.186. The lowest BCUT2D eigenvalue weighted by molar-refractivity contribution is 0.0306. The number of benzene rings is 3. The summed E-state index contributed by atoms with van der Waals surface area (Å²) in [7, 11) is 0. The molecule has 0 aliphatic carbocycles. The summed E-state index contributed by atoms with van der Waals surface area (Å²) in [5, 5.41) is 7.52. The van der Waals surface area contributed by atoms with Crippen LogP contribution in [0.5, 0.6) is 0 Å². The smallest absolute Gasteiger partial charge is 0.251 e. The zero-order valence-corrected chi connectivity index (χ0v) is 18.5. The Morgan fingerprint density at radius 3 is 2.58 bits per heavy atom. The Morgan fingerprint density at radius 1 is 1.00 bits per heavy atom. The Kier molecular flexibility index (Phi) is 7.25. The van der Waals surface area contributed by atoms with Crippen molar-refractivity contribution in [1.29, 1.82) is 0 Å². The molecular weight excluding hydrogens is 431 g/mol. The maximum absolute atomic E-state index is 13.1. The number of carbonyl (C=O) groups excluding carboxylic acids is 1. The first kappa shape index (κ1) is 21.8. The summed E-state index contributed by atoms with van der Waals surface area (Å²) >= 11 is 12.3. The lowest BCUT2D eigenvalue weighted by Gasteiger charge is -2.26. The van der Waals surface area contributed by atoms with Crippen molar-refractivity contribution in [2.24, 2.45) is 5.92 Å². The van der Waals surface area contributed by atoms with Crippen LogP contribution in [0.1, 0.15) is 22.0 Å². The van der Waals surface area contributed by atoms with E-state index in [4.69, 9.17) is 27.9 Å². The van der Waals surface area contributed by atoms with Gasteiger partial charge < -0.3 is 15.4 Å². The van der Waals surface area contributed by atoms with Crippen molar-refractivity contribution in [2.45, 2.75) is 6.10 Å². The van der Waals surface area contributed by atoms with Gasteiger partial charge in [0.05, 0.1) is 22.8 Å². The molecule has 1 heterocycles. The van der Waals surface area contributed by atoms with Crippen molar-refractivity contribution in [3.8, 4) is 11.1 Å². The highest BCUT2D eigenvalue weighted by atomic mass is 35.5. The molecular formula is C25H24Cl2N2O2. The van der Waals surface area contributed by atoms with Gasteiger partial charge in [-0.15, -0.1) is 0 Å². The number of hydrogen-bond donors (Lipinski definition) is 2. The molecule has 3 aromatic carbocycles. The Bertz CT molecular complexity index is 1040. The highest BCUT2D eigenvalue weighted by Crippen LogP contribution is 2.32. The molecule has 1 fully saturated rings. The van der Waals surface area contributed by atoms with Gasteiger partial charge in [-0.05, 0) is 34.9 Å². The van der Waals surface area contributed by atoms with Crippen LogP contribution in [0.25, 0.3) is 11.1 Å². The van der Waals surface area contributed by atoms with Crippen LogP contribution in [0.4, 0.5) is 0 Å². The van der Waals surface area contributed by atoms with E-state index in [0.717, 1.165) is 29.8 Å². The van der Waals surface area contributed by atoms with Gasteiger partial charge in [-0.1, -0.05) is 77.8 Å². The molecule has 3 aromatic rings. The van der Waals surface area contributed by atoms with E-state index in [1.807, 2.05) is 66.7 Å². The second-order valence-corrected chi connectivity index (χ2v) is 8.37. The fourth-order valence-electron chi connectivity index (χ4n) is 3.90. The maximum atomic E-state index is 13.1. The topological polar surface area (TPSA) is 50.4 Å². The summed E-state index contributed by atoms with van der Waals surface area (Å²) < 4.78 is 6.11. The predicted octanol–water partition coefficient (Wildman–Crippen LogP) is 5.37. The maximum Gasteiger partial charge on any atom is 0.251 e. The zero-order chi connectivity index (χ0) is 21.6. The average molecular weight is 455 g/mol. The van der Waals surface area contributed by atoms with Gasteiger partial charge in [-0.25, -0.2) is 0 Å². The average Bonchev–Trinajstić information content (AvgIpc) is 3.05. The minimum absolute atomic E-state index is 0.0487. The van der Waals surface area contributed by atoms with Gasteiger partial charge in [0.1, 0.15) is 0 Å². The van der Waals surface area contributed by atoms with Crippen LogP contribution in [0.2, 0.25) is 10.0 Å². The van der Waals surface area contributed by atoms with Crippen molar-refractivity contribution in [3.05, 3.63) is 94.0 Å². The predicted molar refractivity (Wildman–Crippen MR) is 126 cm³/mol. The summed E-state index contributed by atoms with van der Waals surface area (Å²) in [5.41, 5.74) is 3.54. The normalized spacial score (nSPS) is 18.9. The first-order chi connectivity index (χ1) is 15.1. The molecule has 1 aliphatic rings. The van der Waals surface area contributed by atoms with Gasteiger partial charge in [0.25, 0.3) is 5.91 Å². The van der Waals surface area contributed by atoms with Gasteiger partial charge in [0, 0.05) is 31.1 Å². The first-order valence-electron chi connectivity index (χ1n) is 10.3. The number of ether oxygens (including phenoxy) is 1. The summed E-state index contributed by atoms with van der Waals surface area (Å²) in [6.45, 7) is 2.55. The van der Waals surface area contributed by atoms with Gasteiger partial charge in [0.2, 0.25) is 0 Å². The monoisotopic (exact) mass is 454 g/mol. The molecule has 0 unspecified atom stereocenters. The largest absolute Gasteiger partial charge is 0.372 e. The van der Waals surface area contributed by atoms with Crippen molar-refractivity contribution >= 4 is 29.1 Å². The van der Waals surface area contributed by atoms with Crippen LogP contribution in [-0.4, -0.2) is 32.1 Å².